The van der Waals surface area contributed by atoms with E-state index in [0.717, 1.165) is 14.9 Å². The predicted octanol–water partition coefficient (Wildman–Crippen LogP) is 5.61. The normalized spacial score (nSPS) is 25.4. The number of carbonyl (C=O) groups excluding carboxylic acids is 2. The van der Waals surface area contributed by atoms with E-state index in [4.69, 9.17) is 28.0 Å². The highest BCUT2D eigenvalue weighted by Gasteiger charge is 2.54. The Morgan fingerprint density at radius 3 is 2.32 bits per heavy atom. The van der Waals surface area contributed by atoms with Crippen molar-refractivity contribution < 1.29 is 19.5 Å². The molecule has 2 saturated heterocycles. The van der Waals surface area contributed by atoms with Gasteiger partial charge in [-0.3, -0.25) is 14.4 Å². The van der Waals surface area contributed by atoms with Gasteiger partial charge in [0.15, 0.2) is 0 Å². The molecular weight excluding hydrogens is 543 g/mol. The maximum Gasteiger partial charge on any atom is 0.254 e. The summed E-state index contributed by atoms with van der Waals surface area (Å²) < 4.78 is 0.864. The van der Waals surface area contributed by atoms with Crippen LogP contribution in [0.15, 0.2) is 77.3 Å². The van der Waals surface area contributed by atoms with Crippen molar-refractivity contribution in [2.24, 2.45) is 0 Å². The lowest BCUT2D eigenvalue weighted by molar-refractivity contribution is -0.303. The summed E-state index contributed by atoms with van der Waals surface area (Å²) in [5.41, 5.74) is 1.76. The number of hydrogen-bond acceptors (Lipinski definition) is 5. The van der Waals surface area contributed by atoms with E-state index < -0.39 is 23.8 Å². The molecule has 2 heterocycles. The van der Waals surface area contributed by atoms with Crippen molar-refractivity contribution in [3.05, 3.63) is 98.4 Å². The van der Waals surface area contributed by atoms with Gasteiger partial charge in [0.05, 0.1) is 28.2 Å². The van der Waals surface area contributed by atoms with Crippen molar-refractivity contribution in [1.29, 1.82) is 0 Å². The third-order valence-electron chi connectivity index (χ3n) is 6.10. The smallest absolute Gasteiger partial charge is 0.254 e. The van der Waals surface area contributed by atoms with E-state index in [1.54, 1.807) is 24.3 Å². The molecule has 5 rings (SSSR count). The van der Waals surface area contributed by atoms with Gasteiger partial charge in [-0.15, -0.1) is 0 Å². The molecule has 0 saturated carbocycles. The standard InChI is InChI=1S/C25H19BrCl2N2O4/c26-17-8-6-16(7-9-17)25(33)14-22(15-4-2-1-3-5-15)30(34-25)21-13-23(31)29(24(21)32)18-10-11-19(27)20(28)12-18/h1-12,21-22,33H,13-14H2/t21-,22-,25-/m1/s1. The number of nitrogens with zero attached hydrogens (tertiary/aromatic N) is 2. The maximum absolute atomic E-state index is 13.5. The molecule has 2 amide bonds. The second-order valence-corrected chi connectivity index (χ2v) is 9.99. The van der Waals surface area contributed by atoms with Gasteiger partial charge < -0.3 is 5.11 Å². The average Bonchev–Trinajstić information content (AvgIpc) is 3.33. The van der Waals surface area contributed by atoms with Gasteiger partial charge in [-0.1, -0.05) is 81.6 Å². The summed E-state index contributed by atoms with van der Waals surface area (Å²) >= 11 is 15.5. The van der Waals surface area contributed by atoms with Gasteiger partial charge in [0.25, 0.3) is 5.91 Å². The summed E-state index contributed by atoms with van der Waals surface area (Å²) in [5, 5.41) is 13.5. The van der Waals surface area contributed by atoms with E-state index in [1.807, 2.05) is 42.5 Å². The molecule has 174 valence electrons. The van der Waals surface area contributed by atoms with Crippen molar-refractivity contribution in [3.63, 3.8) is 0 Å². The molecule has 0 aliphatic carbocycles. The zero-order chi connectivity index (χ0) is 24.0. The zero-order valence-corrected chi connectivity index (χ0v) is 20.8. The summed E-state index contributed by atoms with van der Waals surface area (Å²) in [6, 6.07) is 19.9. The predicted molar refractivity (Wildman–Crippen MR) is 132 cm³/mol. The molecule has 6 nitrogen and oxygen atoms in total. The van der Waals surface area contributed by atoms with Crippen LogP contribution in [0, 0.1) is 0 Å². The molecule has 2 fully saturated rings. The van der Waals surface area contributed by atoms with E-state index >= 15 is 0 Å². The second-order valence-electron chi connectivity index (χ2n) is 8.26. The fraction of sp³-hybridized carbons (Fsp3) is 0.200. The van der Waals surface area contributed by atoms with Crippen molar-refractivity contribution in [3.8, 4) is 0 Å². The quantitative estimate of drug-likeness (QED) is 0.419. The molecular formula is C25H19BrCl2N2O4. The molecule has 3 atom stereocenters. The molecule has 0 spiro atoms. The minimum absolute atomic E-state index is 0.0984. The third kappa shape index (κ3) is 4.17. The van der Waals surface area contributed by atoms with Gasteiger partial charge in [0, 0.05) is 16.5 Å². The van der Waals surface area contributed by atoms with E-state index in [-0.39, 0.29) is 23.8 Å². The average molecular weight is 562 g/mol. The first-order chi connectivity index (χ1) is 16.3. The van der Waals surface area contributed by atoms with Crippen molar-refractivity contribution in [2.75, 3.05) is 4.90 Å². The van der Waals surface area contributed by atoms with Gasteiger partial charge in [-0.05, 0) is 35.9 Å². The van der Waals surface area contributed by atoms with Crippen LogP contribution in [0.3, 0.4) is 0 Å². The van der Waals surface area contributed by atoms with Crippen LogP contribution < -0.4 is 4.90 Å². The summed E-state index contributed by atoms with van der Waals surface area (Å²) in [7, 11) is 0. The topological polar surface area (TPSA) is 70.1 Å². The molecule has 1 N–H and O–H groups in total. The number of carbonyl (C=O) groups is 2. The van der Waals surface area contributed by atoms with Crippen molar-refractivity contribution in [1.82, 2.24) is 5.06 Å². The van der Waals surface area contributed by atoms with Crippen LogP contribution in [0.5, 0.6) is 0 Å². The lowest BCUT2D eigenvalue weighted by Crippen LogP contribution is -2.42. The molecule has 0 bridgehead atoms. The lowest BCUT2D eigenvalue weighted by atomic mass is 9.94. The number of aliphatic hydroxyl groups is 1. The number of hydroxylamine groups is 2. The molecule has 3 aromatic carbocycles. The van der Waals surface area contributed by atoms with Crippen molar-refractivity contribution >= 4 is 56.6 Å². The first-order valence-corrected chi connectivity index (χ1v) is 12.1. The number of imide groups is 1. The first-order valence-electron chi connectivity index (χ1n) is 10.6. The molecule has 2 aliphatic heterocycles. The van der Waals surface area contributed by atoms with Crippen LogP contribution in [0.4, 0.5) is 5.69 Å². The SMILES string of the molecule is O=C1C[C@@H](N2O[C@@](O)(c3ccc(Br)cc3)C[C@@H]2c2ccccc2)C(=O)N1c1ccc(Cl)c(Cl)c1. The molecule has 9 heteroatoms. The second kappa shape index (κ2) is 9.07. The monoisotopic (exact) mass is 560 g/mol. The number of anilines is 1. The Bertz CT molecular complexity index is 1260. The minimum Gasteiger partial charge on any atom is -0.361 e. The fourth-order valence-corrected chi connectivity index (χ4v) is 5.00. The molecule has 2 aliphatic rings. The van der Waals surface area contributed by atoms with Crippen LogP contribution in [0.1, 0.15) is 30.0 Å². The van der Waals surface area contributed by atoms with E-state index in [2.05, 4.69) is 15.9 Å². The Hall–Kier alpha value is -2.26. The third-order valence-corrected chi connectivity index (χ3v) is 7.37. The van der Waals surface area contributed by atoms with Crippen LogP contribution in [0.25, 0.3) is 0 Å². The zero-order valence-electron chi connectivity index (χ0n) is 17.7. The molecule has 0 aromatic heterocycles. The minimum atomic E-state index is -1.67. The van der Waals surface area contributed by atoms with Gasteiger partial charge >= 0.3 is 0 Å². The Kier molecular flexibility index (Phi) is 6.27. The van der Waals surface area contributed by atoms with Gasteiger partial charge in [-0.25, -0.2) is 4.90 Å². The number of hydrogen-bond donors (Lipinski definition) is 1. The Labute approximate surface area is 214 Å². The first kappa shape index (κ1) is 23.5. The fourth-order valence-electron chi connectivity index (χ4n) is 4.44. The molecule has 0 radical (unpaired) electrons. The van der Waals surface area contributed by atoms with Crippen LogP contribution in [0.2, 0.25) is 10.0 Å². The molecule has 34 heavy (non-hydrogen) atoms. The Morgan fingerprint density at radius 1 is 0.941 bits per heavy atom. The van der Waals surface area contributed by atoms with Crippen LogP contribution >= 0.6 is 39.1 Å². The van der Waals surface area contributed by atoms with Gasteiger partial charge in [0.2, 0.25) is 11.7 Å². The summed E-state index contributed by atoms with van der Waals surface area (Å²) in [4.78, 5) is 33.6. The summed E-state index contributed by atoms with van der Waals surface area (Å²) in [5.74, 6) is -2.51. The maximum atomic E-state index is 13.5. The largest absolute Gasteiger partial charge is 0.361 e. The van der Waals surface area contributed by atoms with Gasteiger partial charge in [0.1, 0.15) is 6.04 Å². The lowest BCUT2D eigenvalue weighted by Gasteiger charge is -2.28. The number of rotatable bonds is 4. The number of halogens is 3. The summed E-state index contributed by atoms with van der Waals surface area (Å²) in [6.07, 6.45) is 0.0855. The van der Waals surface area contributed by atoms with Gasteiger partial charge in [-0.2, -0.15) is 5.06 Å². The van der Waals surface area contributed by atoms with Crippen molar-refractivity contribution in [2.45, 2.75) is 30.7 Å². The summed E-state index contributed by atoms with van der Waals surface area (Å²) in [6.45, 7) is 0. The molecule has 3 aromatic rings. The highest BCUT2D eigenvalue weighted by Crippen LogP contribution is 2.47. The molecule has 0 unspecified atom stereocenters. The van der Waals surface area contributed by atoms with E-state index in [0.29, 0.717) is 16.3 Å². The Balaban J connectivity index is 1.51. The Morgan fingerprint density at radius 2 is 1.65 bits per heavy atom. The van der Waals surface area contributed by atoms with E-state index in [1.165, 1.54) is 11.1 Å². The number of benzene rings is 3. The van der Waals surface area contributed by atoms with Crippen LogP contribution in [-0.4, -0.2) is 28.0 Å². The number of amides is 2. The highest BCUT2D eigenvalue weighted by atomic mass is 79.9. The van der Waals surface area contributed by atoms with Crippen LogP contribution in [-0.2, 0) is 20.2 Å². The van der Waals surface area contributed by atoms with E-state index in [9.17, 15) is 14.7 Å². The highest BCUT2D eigenvalue weighted by molar-refractivity contribution is 9.10.